The molecular formula is C17H16NNaO3. The van der Waals surface area contributed by atoms with Crippen LogP contribution < -0.4 is 39.4 Å². The second kappa shape index (κ2) is 8.73. The van der Waals surface area contributed by atoms with Gasteiger partial charge in [0.2, 0.25) is 5.88 Å². The molecule has 0 saturated carbocycles. The van der Waals surface area contributed by atoms with Gasteiger partial charge in [-0.1, -0.05) is 36.4 Å². The molecule has 4 nitrogen and oxygen atoms in total. The van der Waals surface area contributed by atoms with E-state index in [0.29, 0.717) is 12.3 Å². The van der Waals surface area contributed by atoms with Crippen LogP contribution >= 0.6 is 0 Å². The van der Waals surface area contributed by atoms with Gasteiger partial charge >= 0.3 is 29.6 Å². The van der Waals surface area contributed by atoms with Crippen LogP contribution in [0.2, 0.25) is 0 Å². The van der Waals surface area contributed by atoms with E-state index in [0.717, 1.165) is 16.7 Å². The number of aliphatic carboxylic acids is 1. The van der Waals surface area contributed by atoms with E-state index in [-0.39, 0.29) is 35.1 Å². The summed E-state index contributed by atoms with van der Waals surface area (Å²) in [6, 6.07) is 11.5. The molecule has 0 unspecified atom stereocenters. The molecular weight excluding hydrogens is 289 g/mol. The van der Waals surface area contributed by atoms with Crippen molar-refractivity contribution in [3.8, 4) is 5.88 Å². The first-order valence-electron chi connectivity index (χ1n) is 6.56. The molecule has 0 fully saturated rings. The molecule has 5 heteroatoms. The van der Waals surface area contributed by atoms with E-state index >= 15 is 0 Å². The number of ether oxygens (including phenoxy) is 1. The van der Waals surface area contributed by atoms with Gasteiger partial charge < -0.3 is 14.6 Å². The van der Waals surface area contributed by atoms with Crippen molar-refractivity contribution in [3.63, 3.8) is 0 Å². The molecule has 0 bridgehead atoms. The van der Waals surface area contributed by atoms with Gasteiger partial charge in [-0.05, 0) is 29.7 Å². The molecule has 0 aliphatic heterocycles. The summed E-state index contributed by atoms with van der Waals surface area (Å²) in [6.07, 6.45) is 3.99. The van der Waals surface area contributed by atoms with Gasteiger partial charge in [0.05, 0.1) is 13.1 Å². The Labute approximate surface area is 152 Å². The van der Waals surface area contributed by atoms with Gasteiger partial charge in [-0.3, -0.25) is 0 Å². The zero-order chi connectivity index (χ0) is 15.2. The maximum atomic E-state index is 10.7. The second-order valence-corrected chi connectivity index (χ2v) is 4.70. The number of rotatable bonds is 5. The first-order chi connectivity index (χ1) is 10.1. The molecule has 0 spiro atoms. The quantitative estimate of drug-likeness (QED) is 0.516. The topological polar surface area (TPSA) is 62.2 Å². The molecule has 0 saturated heterocycles. The Morgan fingerprint density at radius 1 is 1.27 bits per heavy atom. The van der Waals surface area contributed by atoms with Crippen molar-refractivity contribution in [2.75, 3.05) is 7.11 Å². The molecule has 0 N–H and O–H groups in total. The normalized spacial score (nSPS) is 10.7. The van der Waals surface area contributed by atoms with Crippen LogP contribution in [0.15, 0.2) is 48.2 Å². The molecule has 2 aromatic rings. The Bertz CT molecular complexity index is 666. The average Bonchev–Trinajstić information content (AvgIpc) is 2.49. The molecule has 22 heavy (non-hydrogen) atoms. The smallest absolute Gasteiger partial charge is 0.545 e. The summed E-state index contributed by atoms with van der Waals surface area (Å²) >= 11 is 0. The third-order valence-electron chi connectivity index (χ3n) is 3.12. The Morgan fingerprint density at radius 2 is 1.95 bits per heavy atom. The SMILES string of the molecule is COc1ncccc1Cc1ccc(/C=C(\C)C(=O)[O-])cc1.[Na+]. The maximum Gasteiger partial charge on any atom is 1.00 e. The third-order valence-corrected chi connectivity index (χ3v) is 3.12. The summed E-state index contributed by atoms with van der Waals surface area (Å²) in [4.78, 5) is 14.8. The van der Waals surface area contributed by atoms with Gasteiger partial charge in [0.25, 0.3) is 0 Å². The van der Waals surface area contributed by atoms with Crippen molar-refractivity contribution in [2.45, 2.75) is 13.3 Å². The van der Waals surface area contributed by atoms with Gasteiger partial charge in [-0.25, -0.2) is 4.98 Å². The molecule has 0 atom stereocenters. The number of carboxylic acids is 1. The number of pyridine rings is 1. The Hall–Kier alpha value is -1.62. The second-order valence-electron chi connectivity index (χ2n) is 4.70. The molecule has 2 rings (SSSR count). The number of hydrogen-bond donors (Lipinski definition) is 0. The van der Waals surface area contributed by atoms with E-state index in [1.54, 1.807) is 19.4 Å². The fraction of sp³-hybridized carbons (Fsp3) is 0.176. The maximum absolute atomic E-state index is 10.7. The molecule has 0 aliphatic carbocycles. The summed E-state index contributed by atoms with van der Waals surface area (Å²) in [5, 5.41) is 10.7. The van der Waals surface area contributed by atoms with E-state index in [9.17, 15) is 9.90 Å². The number of carbonyl (C=O) groups excluding carboxylic acids is 1. The first-order valence-corrected chi connectivity index (χ1v) is 6.56. The summed E-state index contributed by atoms with van der Waals surface area (Å²) in [5.74, 6) is -0.534. The number of hydrogen-bond acceptors (Lipinski definition) is 4. The van der Waals surface area contributed by atoms with Crippen LogP contribution in [0.3, 0.4) is 0 Å². The predicted molar refractivity (Wildman–Crippen MR) is 78.7 cm³/mol. The van der Waals surface area contributed by atoms with Crippen molar-refractivity contribution < 1.29 is 44.2 Å². The van der Waals surface area contributed by atoms with Gasteiger partial charge in [0, 0.05) is 18.2 Å². The third kappa shape index (κ3) is 4.98. The van der Waals surface area contributed by atoms with Gasteiger partial charge in [0.1, 0.15) is 0 Å². The molecule has 0 aliphatic rings. The van der Waals surface area contributed by atoms with Crippen LogP contribution in [-0.4, -0.2) is 18.1 Å². The van der Waals surface area contributed by atoms with Crippen LogP contribution in [0.5, 0.6) is 5.88 Å². The van der Waals surface area contributed by atoms with E-state index < -0.39 is 5.97 Å². The van der Waals surface area contributed by atoms with Gasteiger partial charge in [-0.15, -0.1) is 0 Å². The number of carboxylic acid groups (broad SMARTS) is 1. The summed E-state index contributed by atoms with van der Waals surface area (Å²) < 4.78 is 5.23. The molecule has 1 aromatic heterocycles. The monoisotopic (exact) mass is 305 g/mol. The van der Waals surface area contributed by atoms with E-state index in [4.69, 9.17) is 4.74 Å². The number of carbonyl (C=O) groups is 1. The van der Waals surface area contributed by atoms with E-state index in [1.807, 2.05) is 36.4 Å². The van der Waals surface area contributed by atoms with Crippen molar-refractivity contribution in [1.29, 1.82) is 0 Å². The minimum atomic E-state index is -1.15. The molecule has 1 aromatic carbocycles. The van der Waals surface area contributed by atoms with Crippen LogP contribution in [0.4, 0.5) is 0 Å². The summed E-state index contributed by atoms with van der Waals surface area (Å²) in [7, 11) is 1.60. The molecule has 1 heterocycles. The number of benzene rings is 1. The van der Waals surface area contributed by atoms with Crippen molar-refractivity contribution in [3.05, 3.63) is 64.9 Å². The van der Waals surface area contributed by atoms with Gasteiger partial charge in [-0.2, -0.15) is 0 Å². The van der Waals surface area contributed by atoms with Crippen molar-refractivity contribution in [1.82, 2.24) is 4.98 Å². The first kappa shape index (κ1) is 18.4. The minimum Gasteiger partial charge on any atom is -0.545 e. The summed E-state index contributed by atoms with van der Waals surface area (Å²) in [5.41, 5.74) is 3.15. The standard InChI is InChI=1S/C17H17NO3.Na/c1-12(17(19)20)10-13-5-7-14(8-6-13)11-15-4-3-9-18-16(15)21-2;/h3-10H,11H2,1-2H3,(H,19,20);/q;+1/p-1/b12-10+;. The number of nitrogens with zero attached hydrogens (tertiary/aromatic N) is 1. The zero-order valence-corrected chi connectivity index (χ0v) is 15.0. The zero-order valence-electron chi connectivity index (χ0n) is 13.0. The van der Waals surface area contributed by atoms with Crippen LogP contribution in [0, 0.1) is 0 Å². The van der Waals surface area contributed by atoms with Crippen molar-refractivity contribution in [2.24, 2.45) is 0 Å². The van der Waals surface area contributed by atoms with Crippen LogP contribution in [0.25, 0.3) is 6.08 Å². The molecule has 0 amide bonds. The number of methoxy groups -OCH3 is 1. The van der Waals surface area contributed by atoms with Crippen molar-refractivity contribution >= 4 is 12.0 Å². The Kier molecular flexibility index (Phi) is 7.32. The summed E-state index contributed by atoms with van der Waals surface area (Å²) in [6.45, 7) is 1.52. The largest absolute Gasteiger partial charge is 1.00 e. The fourth-order valence-electron chi connectivity index (χ4n) is 2.00. The van der Waals surface area contributed by atoms with E-state index in [2.05, 4.69) is 4.98 Å². The molecule has 108 valence electrons. The van der Waals surface area contributed by atoms with Crippen LogP contribution in [-0.2, 0) is 11.2 Å². The Balaban J connectivity index is 0.00000242. The fourth-order valence-corrected chi connectivity index (χ4v) is 2.00. The average molecular weight is 305 g/mol. The Morgan fingerprint density at radius 3 is 2.55 bits per heavy atom. The van der Waals surface area contributed by atoms with E-state index in [1.165, 1.54) is 6.92 Å². The molecule has 0 radical (unpaired) electrons. The van der Waals surface area contributed by atoms with Crippen LogP contribution in [0.1, 0.15) is 23.6 Å². The number of aromatic nitrogens is 1. The minimum absolute atomic E-state index is 0. The predicted octanol–water partition coefficient (Wildman–Crippen LogP) is -1.16. The van der Waals surface area contributed by atoms with Gasteiger partial charge in [0.15, 0.2) is 0 Å².